The molecule has 0 spiro atoms. The van der Waals surface area contributed by atoms with Gasteiger partial charge in [0, 0.05) is 13.7 Å². The van der Waals surface area contributed by atoms with Crippen LogP contribution in [-0.2, 0) is 9.47 Å². The molecule has 0 N–H and O–H groups in total. The predicted octanol–water partition coefficient (Wildman–Crippen LogP) is 1.84. The van der Waals surface area contributed by atoms with Crippen molar-refractivity contribution >= 4 is 0 Å². The van der Waals surface area contributed by atoms with Crippen molar-refractivity contribution in [1.29, 1.82) is 0 Å². The highest BCUT2D eigenvalue weighted by molar-refractivity contribution is 4.60. The molecule has 62 valence electrons. The minimum atomic E-state index is 0.375. The summed E-state index contributed by atoms with van der Waals surface area (Å²) in [6.07, 6.45) is 2.69. The molecule has 1 fully saturated rings. The first kappa shape index (κ1) is 9.92. The van der Waals surface area contributed by atoms with Crippen LogP contribution >= 0.6 is 0 Å². The van der Waals surface area contributed by atoms with Gasteiger partial charge in [0.05, 0.1) is 12.7 Å². The zero-order valence-electron chi connectivity index (χ0n) is 7.22. The average molecular weight is 146 g/mol. The van der Waals surface area contributed by atoms with Gasteiger partial charge in [-0.2, -0.15) is 0 Å². The third-order valence-electron chi connectivity index (χ3n) is 1.22. The second-order valence-electron chi connectivity index (χ2n) is 2.43. The molecule has 10 heavy (non-hydrogen) atoms. The number of ether oxygens (including phenoxy) is 2. The van der Waals surface area contributed by atoms with Crippen LogP contribution in [0.2, 0.25) is 0 Å². The Balaban J connectivity index is 0.000000236. The van der Waals surface area contributed by atoms with Crippen molar-refractivity contribution in [3.63, 3.8) is 0 Å². The second-order valence-corrected chi connectivity index (χ2v) is 2.43. The van der Waals surface area contributed by atoms with Gasteiger partial charge in [0.2, 0.25) is 0 Å². The Morgan fingerprint density at radius 2 is 2.10 bits per heavy atom. The molecule has 1 rings (SSSR count). The van der Waals surface area contributed by atoms with Crippen LogP contribution in [-0.4, -0.2) is 26.4 Å². The maximum Gasteiger partial charge on any atom is 0.0826 e. The van der Waals surface area contributed by atoms with Crippen LogP contribution in [0.4, 0.5) is 0 Å². The fourth-order valence-corrected chi connectivity index (χ4v) is 0.699. The first-order valence-corrected chi connectivity index (χ1v) is 3.95. The Morgan fingerprint density at radius 3 is 2.30 bits per heavy atom. The Labute approximate surface area is 63.5 Å². The molecule has 0 saturated carbocycles. The molecule has 0 radical (unpaired) electrons. The first-order valence-electron chi connectivity index (χ1n) is 3.95. The summed E-state index contributed by atoms with van der Waals surface area (Å²) in [6, 6.07) is 0. The van der Waals surface area contributed by atoms with Gasteiger partial charge in [-0.05, 0) is 6.42 Å². The van der Waals surface area contributed by atoms with Crippen LogP contribution < -0.4 is 0 Å². The molecule has 0 bridgehead atoms. The van der Waals surface area contributed by atoms with Gasteiger partial charge in [0.1, 0.15) is 0 Å². The zero-order chi connectivity index (χ0) is 7.82. The second kappa shape index (κ2) is 7.03. The SMILES string of the molecule is CCC.COC1CCOC1. The van der Waals surface area contributed by atoms with Gasteiger partial charge in [-0.25, -0.2) is 0 Å². The van der Waals surface area contributed by atoms with E-state index in [0.717, 1.165) is 19.6 Å². The van der Waals surface area contributed by atoms with Crippen molar-refractivity contribution in [3.05, 3.63) is 0 Å². The molecule has 1 saturated heterocycles. The molecule has 1 atom stereocenters. The number of rotatable bonds is 1. The molecular weight excluding hydrogens is 128 g/mol. The van der Waals surface area contributed by atoms with Gasteiger partial charge >= 0.3 is 0 Å². The predicted molar refractivity (Wildman–Crippen MR) is 42.2 cm³/mol. The summed E-state index contributed by atoms with van der Waals surface area (Å²) in [7, 11) is 1.72. The summed E-state index contributed by atoms with van der Waals surface area (Å²) >= 11 is 0. The van der Waals surface area contributed by atoms with Gasteiger partial charge in [0.15, 0.2) is 0 Å². The van der Waals surface area contributed by atoms with Crippen LogP contribution in [0.25, 0.3) is 0 Å². The normalized spacial score (nSPS) is 23.7. The lowest BCUT2D eigenvalue weighted by Crippen LogP contribution is -2.07. The van der Waals surface area contributed by atoms with E-state index in [9.17, 15) is 0 Å². The Morgan fingerprint density at radius 1 is 1.50 bits per heavy atom. The van der Waals surface area contributed by atoms with Gasteiger partial charge in [-0.15, -0.1) is 0 Å². The fraction of sp³-hybridized carbons (Fsp3) is 1.00. The molecule has 1 unspecified atom stereocenters. The standard InChI is InChI=1S/C5H10O2.C3H8/c1-6-5-2-3-7-4-5;1-3-2/h5H,2-4H2,1H3;3H2,1-2H3. The first-order chi connectivity index (χ1) is 4.85. The summed E-state index contributed by atoms with van der Waals surface area (Å²) < 4.78 is 10.0. The highest BCUT2D eigenvalue weighted by Gasteiger charge is 2.12. The van der Waals surface area contributed by atoms with E-state index >= 15 is 0 Å². The molecule has 0 aromatic rings. The van der Waals surface area contributed by atoms with E-state index < -0.39 is 0 Å². The number of hydrogen-bond acceptors (Lipinski definition) is 2. The lowest BCUT2D eigenvalue weighted by atomic mass is 10.3. The van der Waals surface area contributed by atoms with E-state index in [1.54, 1.807) is 7.11 Å². The van der Waals surface area contributed by atoms with Crippen LogP contribution in [0.1, 0.15) is 26.7 Å². The van der Waals surface area contributed by atoms with Crippen LogP contribution in [0.15, 0.2) is 0 Å². The molecule has 1 aliphatic rings. The minimum Gasteiger partial charge on any atom is -0.379 e. The Kier molecular flexibility index (Phi) is 6.98. The third kappa shape index (κ3) is 4.77. The van der Waals surface area contributed by atoms with Gasteiger partial charge in [-0.1, -0.05) is 20.3 Å². The molecule has 0 aromatic heterocycles. The Hall–Kier alpha value is -0.0800. The third-order valence-corrected chi connectivity index (χ3v) is 1.22. The van der Waals surface area contributed by atoms with Gasteiger partial charge in [-0.3, -0.25) is 0 Å². The zero-order valence-corrected chi connectivity index (χ0v) is 7.22. The van der Waals surface area contributed by atoms with E-state index in [2.05, 4.69) is 13.8 Å². The quantitative estimate of drug-likeness (QED) is 0.562. The molecular formula is C8H18O2. The maximum absolute atomic E-state index is 5.02. The van der Waals surface area contributed by atoms with E-state index in [-0.39, 0.29) is 0 Å². The van der Waals surface area contributed by atoms with E-state index in [1.807, 2.05) is 0 Å². The summed E-state index contributed by atoms with van der Waals surface area (Å²) in [4.78, 5) is 0. The van der Waals surface area contributed by atoms with Crippen molar-refractivity contribution in [3.8, 4) is 0 Å². The molecule has 0 aromatic carbocycles. The lowest BCUT2D eigenvalue weighted by Gasteiger charge is -2.00. The topological polar surface area (TPSA) is 18.5 Å². The fourth-order valence-electron chi connectivity index (χ4n) is 0.699. The van der Waals surface area contributed by atoms with Crippen molar-refractivity contribution in [1.82, 2.24) is 0 Å². The molecule has 2 nitrogen and oxygen atoms in total. The van der Waals surface area contributed by atoms with Crippen LogP contribution in [0.3, 0.4) is 0 Å². The van der Waals surface area contributed by atoms with Crippen molar-refractivity contribution in [2.24, 2.45) is 0 Å². The van der Waals surface area contributed by atoms with Crippen LogP contribution in [0, 0.1) is 0 Å². The summed E-state index contributed by atoms with van der Waals surface area (Å²) in [5.41, 5.74) is 0. The van der Waals surface area contributed by atoms with Crippen molar-refractivity contribution in [2.45, 2.75) is 32.8 Å². The maximum atomic E-state index is 5.02. The molecule has 2 heteroatoms. The minimum absolute atomic E-state index is 0.375. The van der Waals surface area contributed by atoms with Gasteiger partial charge in [0.25, 0.3) is 0 Å². The number of hydrogen-bond donors (Lipinski definition) is 0. The summed E-state index contributed by atoms with van der Waals surface area (Å²) in [5.74, 6) is 0. The monoisotopic (exact) mass is 146 g/mol. The van der Waals surface area contributed by atoms with E-state index in [0.29, 0.717) is 6.10 Å². The lowest BCUT2D eigenvalue weighted by molar-refractivity contribution is 0.0822. The smallest absolute Gasteiger partial charge is 0.0826 e. The highest BCUT2D eigenvalue weighted by atomic mass is 16.5. The van der Waals surface area contributed by atoms with Crippen molar-refractivity contribution < 1.29 is 9.47 Å². The molecule has 1 heterocycles. The van der Waals surface area contributed by atoms with E-state index in [1.165, 1.54) is 6.42 Å². The Bertz CT molecular complexity index is 58.3. The van der Waals surface area contributed by atoms with E-state index in [4.69, 9.17) is 9.47 Å². The highest BCUT2D eigenvalue weighted by Crippen LogP contribution is 2.05. The largest absolute Gasteiger partial charge is 0.379 e. The molecule has 0 aliphatic carbocycles. The average Bonchev–Trinajstić information content (AvgIpc) is 2.39. The van der Waals surface area contributed by atoms with Gasteiger partial charge < -0.3 is 9.47 Å². The molecule has 1 aliphatic heterocycles. The summed E-state index contributed by atoms with van der Waals surface area (Å²) in [5, 5.41) is 0. The summed E-state index contributed by atoms with van der Waals surface area (Å²) in [6.45, 7) is 5.91. The molecule has 0 amide bonds. The number of methoxy groups -OCH3 is 1. The van der Waals surface area contributed by atoms with Crippen LogP contribution in [0.5, 0.6) is 0 Å². The van der Waals surface area contributed by atoms with Crippen molar-refractivity contribution in [2.75, 3.05) is 20.3 Å².